The Morgan fingerprint density at radius 1 is 1.10 bits per heavy atom. The third-order valence-corrected chi connectivity index (χ3v) is 3.20. The molecule has 100 valence electrons. The Morgan fingerprint density at radius 2 is 1.75 bits per heavy atom. The number of carbonyl (C=O) groups is 1. The van der Waals surface area contributed by atoms with Gasteiger partial charge in [0.05, 0.1) is 29.2 Å². The fourth-order valence-electron chi connectivity index (χ4n) is 2.22. The predicted octanol–water partition coefficient (Wildman–Crippen LogP) is 2.03. The van der Waals surface area contributed by atoms with Crippen molar-refractivity contribution in [2.75, 3.05) is 7.11 Å². The van der Waals surface area contributed by atoms with Crippen molar-refractivity contribution in [2.24, 2.45) is 5.73 Å². The lowest BCUT2D eigenvalue weighted by atomic mass is 10.1. The molecule has 20 heavy (non-hydrogen) atoms. The normalized spacial score (nSPS) is 10.9. The van der Waals surface area contributed by atoms with Crippen LogP contribution in [0.4, 0.5) is 0 Å². The summed E-state index contributed by atoms with van der Waals surface area (Å²) in [4.78, 5) is 20.9. The van der Waals surface area contributed by atoms with E-state index in [-0.39, 0.29) is 0 Å². The lowest BCUT2D eigenvalue weighted by Crippen LogP contribution is -2.05. The monoisotopic (exact) mass is 267 g/mol. The second-order valence-electron chi connectivity index (χ2n) is 4.38. The fraction of sp³-hybridized carbons (Fsp3) is 0.133. The maximum atomic E-state index is 11.8. The van der Waals surface area contributed by atoms with Crippen LogP contribution in [-0.2, 0) is 11.3 Å². The van der Waals surface area contributed by atoms with Gasteiger partial charge in [0.1, 0.15) is 5.52 Å². The van der Waals surface area contributed by atoms with Crippen molar-refractivity contribution in [3.05, 3.63) is 47.5 Å². The van der Waals surface area contributed by atoms with Crippen LogP contribution in [0, 0.1) is 0 Å². The first-order valence-corrected chi connectivity index (χ1v) is 6.21. The van der Waals surface area contributed by atoms with Crippen LogP contribution in [0.3, 0.4) is 0 Å². The molecular weight excluding hydrogens is 254 g/mol. The quantitative estimate of drug-likeness (QED) is 0.567. The van der Waals surface area contributed by atoms with Gasteiger partial charge in [-0.2, -0.15) is 0 Å². The molecule has 1 aromatic heterocycles. The van der Waals surface area contributed by atoms with Crippen LogP contribution in [0.15, 0.2) is 36.4 Å². The Morgan fingerprint density at radius 3 is 2.45 bits per heavy atom. The molecule has 0 aliphatic carbocycles. The number of benzene rings is 2. The van der Waals surface area contributed by atoms with Crippen molar-refractivity contribution in [1.29, 1.82) is 0 Å². The minimum Gasteiger partial charge on any atom is -0.465 e. The van der Waals surface area contributed by atoms with E-state index >= 15 is 0 Å². The van der Waals surface area contributed by atoms with Gasteiger partial charge in [-0.25, -0.2) is 14.8 Å². The molecule has 0 aliphatic heterocycles. The number of ether oxygens (including phenoxy) is 1. The average Bonchev–Trinajstić information content (AvgIpc) is 2.51. The molecule has 1 heterocycles. The number of methoxy groups -OCH3 is 1. The minimum absolute atomic E-state index is 0.397. The zero-order valence-electron chi connectivity index (χ0n) is 11.0. The molecule has 0 radical (unpaired) electrons. The molecule has 0 spiro atoms. The summed E-state index contributed by atoms with van der Waals surface area (Å²) in [6, 6.07) is 10.9. The second kappa shape index (κ2) is 4.86. The smallest absolute Gasteiger partial charge is 0.340 e. The van der Waals surface area contributed by atoms with E-state index in [4.69, 9.17) is 10.5 Å². The van der Waals surface area contributed by atoms with Gasteiger partial charge in [-0.3, -0.25) is 0 Å². The summed E-state index contributed by atoms with van der Waals surface area (Å²) in [6.45, 7) is 0.397. The number of rotatable bonds is 2. The number of carbonyl (C=O) groups excluding carboxylic acids is 1. The number of esters is 1. The lowest BCUT2D eigenvalue weighted by molar-refractivity contribution is 0.0603. The maximum Gasteiger partial charge on any atom is 0.340 e. The van der Waals surface area contributed by atoms with Crippen molar-refractivity contribution in [1.82, 2.24) is 9.97 Å². The van der Waals surface area contributed by atoms with Gasteiger partial charge in [-0.1, -0.05) is 18.2 Å². The number of para-hydroxylation sites is 2. The Kier molecular flexibility index (Phi) is 3.04. The Labute approximate surface area is 115 Å². The molecule has 0 fully saturated rings. The van der Waals surface area contributed by atoms with Crippen molar-refractivity contribution in [3.63, 3.8) is 0 Å². The molecule has 0 amide bonds. The topological polar surface area (TPSA) is 78.1 Å². The first-order valence-electron chi connectivity index (χ1n) is 6.21. The van der Waals surface area contributed by atoms with Crippen molar-refractivity contribution in [2.45, 2.75) is 6.54 Å². The van der Waals surface area contributed by atoms with Crippen LogP contribution < -0.4 is 5.73 Å². The van der Waals surface area contributed by atoms with Gasteiger partial charge in [0.25, 0.3) is 0 Å². The summed E-state index contributed by atoms with van der Waals surface area (Å²) in [5.74, 6) is -0.417. The first-order chi connectivity index (χ1) is 9.74. The molecule has 0 atom stereocenters. The molecule has 2 aromatic carbocycles. The van der Waals surface area contributed by atoms with E-state index in [1.165, 1.54) is 7.11 Å². The molecule has 0 saturated carbocycles. The van der Waals surface area contributed by atoms with Gasteiger partial charge < -0.3 is 10.5 Å². The minimum atomic E-state index is -0.417. The first kappa shape index (κ1) is 12.5. The number of hydrogen-bond acceptors (Lipinski definition) is 5. The van der Waals surface area contributed by atoms with E-state index in [2.05, 4.69) is 9.97 Å². The Hall–Kier alpha value is -2.53. The summed E-state index contributed by atoms with van der Waals surface area (Å²) >= 11 is 0. The predicted molar refractivity (Wildman–Crippen MR) is 76.3 cm³/mol. The highest BCUT2D eigenvalue weighted by Gasteiger charge is 2.13. The molecule has 0 unspecified atom stereocenters. The molecule has 0 aliphatic rings. The van der Waals surface area contributed by atoms with Crippen LogP contribution in [0.5, 0.6) is 0 Å². The molecule has 3 aromatic rings. The van der Waals surface area contributed by atoms with E-state index in [1.807, 2.05) is 24.3 Å². The van der Waals surface area contributed by atoms with Gasteiger partial charge in [0, 0.05) is 6.54 Å². The molecule has 2 N–H and O–H groups in total. The van der Waals surface area contributed by atoms with Gasteiger partial charge >= 0.3 is 5.97 Å². The van der Waals surface area contributed by atoms with E-state index < -0.39 is 5.97 Å². The lowest BCUT2D eigenvalue weighted by Gasteiger charge is -2.07. The highest BCUT2D eigenvalue weighted by atomic mass is 16.5. The molecule has 5 heteroatoms. The molecule has 3 rings (SSSR count). The number of hydrogen-bond donors (Lipinski definition) is 1. The maximum absolute atomic E-state index is 11.8. The van der Waals surface area contributed by atoms with Gasteiger partial charge in [-0.15, -0.1) is 0 Å². The van der Waals surface area contributed by atoms with Gasteiger partial charge in [-0.05, 0) is 23.8 Å². The van der Waals surface area contributed by atoms with Crippen LogP contribution >= 0.6 is 0 Å². The van der Waals surface area contributed by atoms with Crippen LogP contribution in [0.25, 0.3) is 22.1 Å². The zero-order chi connectivity index (χ0) is 14.1. The molecule has 5 nitrogen and oxygen atoms in total. The number of nitrogens with zero attached hydrogens (tertiary/aromatic N) is 2. The Balaban J connectivity index is 2.38. The Bertz CT molecular complexity index is 815. The van der Waals surface area contributed by atoms with E-state index in [0.29, 0.717) is 23.1 Å². The zero-order valence-corrected chi connectivity index (χ0v) is 11.0. The van der Waals surface area contributed by atoms with E-state index in [1.54, 1.807) is 12.1 Å². The van der Waals surface area contributed by atoms with Gasteiger partial charge in [0.2, 0.25) is 0 Å². The molecule has 0 saturated heterocycles. The fourth-order valence-corrected chi connectivity index (χ4v) is 2.22. The summed E-state index contributed by atoms with van der Waals surface area (Å²) in [5, 5.41) is 0. The summed E-state index contributed by atoms with van der Waals surface area (Å²) in [6.07, 6.45) is 0. The molecular formula is C15H13N3O2. The summed E-state index contributed by atoms with van der Waals surface area (Å²) in [5.41, 5.74) is 9.75. The van der Waals surface area contributed by atoms with E-state index in [9.17, 15) is 4.79 Å². The molecule has 0 bridgehead atoms. The largest absolute Gasteiger partial charge is 0.465 e. The number of fused-ring (bicyclic) bond motifs is 2. The average molecular weight is 267 g/mol. The highest BCUT2D eigenvalue weighted by Crippen LogP contribution is 2.22. The third kappa shape index (κ3) is 1.88. The SMILES string of the molecule is COC(=O)c1cccc2nc3c(CN)cccc3nc12. The number of aromatic nitrogens is 2. The van der Waals surface area contributed by atoms with E-state index in [0.717, 1.165) is 16.6 Å². The summed E-state index contributed by atoms with van der Waals surface area (Å²) in [7, 11) is 1.35. The van der Waals surface area contributed by atoms with Crippen LogP contribution in [-0.4, -0.2) is 23.0 Å². The van der Waals surface area contributed by atoms with Crippen molar-refractivity contribution in [3.8, 4) is 0 Å². The standard InChI is InChI=1S/C15H13N3O2/c1-20-15(19)10-5-3-7-12-14(10)18-11-6-2-4-9(8-16)13(11)17-12/h2-7H,8,16H2,1H3. The van der Waals surface area contributed by atoms with Crippen molar-refractivity contribution >= 4 is 28.0 Å². The summed E-state index contributed by atoms with van der Waals surface area (Å²) < 4.78 is 4.77. The third-order valence-electron chi connectivity index (χ3n) is 3.20. The van der Waals surface area contributed by atoms with Crippen LogP contribution in [0.2, 0.25) is 0 Å². The second-order valence-corrected chi connectivity index (χ2v) is 4.38. The van der Waals surface area contributed by atoms with Crippen molar-refractivity contribution < 1.29 is 9.53 Å². The number of nitrogens with two attached hydrogens (primary N) is 1. The van der Waals surface area contributed by atoms with Gasteiger partial charge in [0.15, 0.2) is 0 Å². The highest BCUT2D eigenvalue weighted by molar-refractivity contribution is 6.03. The van der Waals surface area contributed by atoms with Crippen LogP contribution in [0.1, 0.15) is 15.9 Å².